The number of rotatable bonds is 9. The molecule has 0 radical (unpaired) electrons. The lowest BCUT2D eigenvalue weighted by atomic mass is 9.95. The van der Waals surface area contributed by atoms with Crippen molar-refractivity contribution in [2.75, 3.05) is 25.6 Å². The van der Waals surface area contributed by atoms with Crippen LogP contribution < -0.4 is 29.7 Å². The Morgan fingerprint density at radius 1 is 1.07 bits per heavy atom. The first-order valence-corrected chi connectivity index (χ1v) is 14.6. The number of anilines is 1. The Labute approximate surface area is 256 Å². The Morgan fingerprint density at radius 2 is 1.81 bits per heavy atom. The molecule has 0 fully saturated rings. The van der Waals surface area contributed by atoms with Crippen LogP contribution in [0.2, 0.25) is 5.02 Å². The normalized spacial score (nSPS) is 14.5. The third-order valence-corrected chi connectivity index (χ3v) is 7.85. The summed E-state index contributed by atoms with van der Waals surface area (Å²) in [7, 11) is 1.49. The van der Waals surface area contributed by atoms with Crippen molar-refractivity contribution >= 4 is 46.6 Å². The number of fused-ring (bicyclic) bond motifs is 1. The number of aromatic nitrogens is 1. The first kappa shape index (κ1) is 29.8. The number of thiazole rings is 1. The van der Waals surface area contributed by atoms with E-state index in [0.29, 0.717) is 53.9 Å². The summed E-state index contributed by atoms with van der Waals surface area (Å²) in [5.74, 6) is -0.0934. The number of esters is 1. The number of amides is 1. The predicted molar refractivity (Wildman–Crippen MR) is 165 cm³/mol. The summed E-state index contributed by atoms with van der Waals surface area (Å²) in [6.45, 7) is 3.48. The Balaban J connectivity index is 1.56. The number of nitrogens with one attached hydrogen (secondary N) is 1. The molecule has 1 amide bonds. The highest BCUT2D eigenvalue weighted by molar-refractivity contribution is 7.07. The zero-order chi connectivity index (χ0) is 30.5. The molecule has 0 saturated heterocycles. The monoisotopic (exact) mass is 617 g/mol. The zero-order valence-corrected chi connectivity index (χ0v) is 25.2. The van der Waals surface area contributed by atoms with Crippen LogP contribution in [0.1, 0.15) is 31.0 Å². The largest absolute Gasteiger partial charge is 0.493 e. The maximum absolute atomic E-state index is 14.0. The van der Waals surface area contributed by atoms with Crippen LogP contribution in [0.5, 0.6) is 11.5 Å². The number of hydrogen-bond acceptors (Lipinski definition) is 8. The Bertz CT molecular complexity index is 1880. The maximum Gasteiger partial charge on any atom is 0.344 e. The minimum absolute atomic E-state index is 0.257. The lowest BCUT2D eigenvalue weighted by molar-refractivity contribution is -0.145. The van der Waals surface area contributed by atoms with Crippen molar-refractivity contribution in [2.45, 2.75) is 19.9 Å². The van der Waals surface area contributed by atoms with E-state index < -0.39 is 12.0 Å². The first-order chi connectivity index (χ1) is 20.8. The summed E-state index contributed by atoms with van der Waals surface area (Å²) in [5, 5.41) is 3.47. The van der Waals surface area contributed by atoms with Crippen LogP contribution in [0, 0.1) is 0 Å². The van der Waals surface area contributed by atoms with Gasteiger partial charge in [0.15, 0.2) is 22.9 Å². The SMILES string of the molecule is CCOC(=O)COc1ccc(/C=c2\sc3n(c2=O)[C@@H](c2ccc(Cl)cc2)C(C(=O)Nc2ccccc2)=C(C)N=3)cc1OC. The van der Waals surface area contributed by atoms with E-state index in [4.69, 9.17) is 25.8 Å². The molecular weight excluding hydrogens is 590 g/mol. The van der Waals surface area contributed by atoms with E-state index in [1.165, 1.54) is 18.4 Å². The Hall–Kier alpha value is -4.67. The number of allylic oxidation sites excluding steroid dienone is 1. The van der Waals surface area contributed by atoms with E-state index >= 15 is 0 Å². The Morgan fingerprint density at radius 3 is 2.51 bits per heavy atom. The number of para-hydroxylation sites is 1. The molecule has 1 N–H and O–H groups in total. The molecule has 9 nitrogen and oxygen atoms in total. The smallest absolute Gasteiger partial charge is 0.344 e. The summed E-state index contributed by atoms with van der Waals surface area (Å²) in [4.78, 5) is 44.5. The second-order valence-corrected chi connectivity index (χ2v) is 10.9. The van der Waals surface area contributed by atoms with E-state index in [0.717, 1.165) is 0 Å². The van der Waals surface area contributed by atoms with Crippen LogP contribution in [0.15, 0.2) is 93.9 Å². The maximum atomic E-state index is 14.0. The fourth-order valence-corrected chi connectivity index (χ4v) is 5.85. The first-order valence-electron chi connectivity index (χ1n) is 13.4. The van der Waals surface area contributed by atoms with E-state index in [1.54, 1.807) is 79.1 Å². The quantitative estimate of drug-likeness (QED) is 0.278. The topological polar surface area (TPSA) is 108 Å². The molecule has 4 aromatic rings. The zero-order valence-electron chi connectivity index (χ0n) is 23.6. The van der Waals surface area contributed by atoms with Gasteiger partial charge >= 0.3 is 5.97 Å². The van der Waals surface area contributed by atoms with Crippen molar-refractivity contribution in [1.82, 2.24) is 4.57 Å². The molecule has 3 aromatic carbocycles. The minimum Gasteiger partial charge on any atom is -0.493 e. The number of carbonyl (C=O) groups is 2. The van der Waals surface area contributed by atoms with Gasteiger partial charge in [0.05, 0.1) is 35.6 Å². The third kappa shape index (κ3) is 6.55. The van der Waals surface area contributed by atoms with Crippen molar-refractivity contribution in [1.29, 1.82) is 0 Å². The number of hydrogen-bond donors (Lipinski definition) is 1. The van der Waals surface area contributed by atoms with Gasteiger partial charge in [0.25, 0.3) is 11.5 Å². The van der Waals surface area contributed by atoms with E-state index in [-0.39, 0.29) is 24.7 Å². The lowest BCUT2D eigenvalue weighted by Gasteiger charge is -2.25. The number of ether oxygens (including phenoxy) is 3. The highest BCUT2D eigenvalue weighted by atomic mass is 35.5. The molecule has 1 aliphatic rings. The second-order valence-electron chi connectivity index (χ2n) is 9.46. The fourth-order valence-electron chi connectivity index (χ4n) is 4.68. The number of benzene rings is 3. The highest BCUT2D eigenvalue weighted by Gasteiger charge is 2.32. The standard InChI is InChI=1S/C32H28ClN3O6S/c1-4-41-27(37)18-42-24-15-10-20(16-25(24)40-3)17-26-31(39)36-29(21-11-13-22(33)14-12-21)28(19(2)34-32(36)43-26)30(38)35-23-8-6-5-7-9-23/h5-17,29H,4,18H2,1-3H3,(H,35,38)/b26-17-/t29-/m0/s1. The molecule has 0 aliphatic carbocycles. The van der Waals surface area contributed by atoms with Crippen LogP contribution in [0.25, 0.3) is 6.08 Å². The molecule has 220 valence electrons. The van der Waals surface area contributed by atoms with Gasteiger partial charge in [-0.05, 0) is 67.4 Å². The van der Waals surface area contributed by atoms with Gasteiger partial charge < -0.3 is 19.5 Å². The summed E-state index contributed by atoms with van der Waals surface area (Å²) >= 11 is 7.39. The van der Waals surface area contributed by atoms with E-state index in [1.807, 2.05) is 18.2 Å². The molecule has 0 bridgehead atoms. The summed E-state index contributed by atoms with van der Waals surface area (Å²) < 4.78 is 17.9. The number of carbonyl (C=O) groups excluding carboxylic acids is 2. The predicted octanol–water partition coefficient (Wildman–Crippen LogP) is 4.48. The average Bonchev–Trinajstić information content (AvgIpc) is 3.30. The van der Waals surface area contributed by atoms with Gasteiger partial charge in [0.1, 0.15) is 0 Å². The number of nitrogens with zero attached hydrogens (tertiary/aromatic N) is 2. The van der Waals surface area contributed by atoms with Crippen LogP contribution in [-0.4, -0.2) is 36.8 Å². The van der Waals surface area contributed by atoms with Gasteiger partial charge in [0.2, 0.25) is 0 Å². The fraction of sp³-hybridized carbons (Fsp3) is 0.188. The molecule has 2 heterocycles. The van der Waals surface area contributed by atoms with Gasteiger partial charge in [0, 0.05) is 10.7 Å². The van der Waals surface area contributed by atoms with Gasteiger partial charge in [-0.25, -0.2) is 9.79 Å². The molecule has 1 aliphatic heterocycles. The molecule has 1 aromatic heterocycles. The van der Waals surface area contributed by atoms with Crippen molar-refractivity contribution in [3.8, 4) is 11.5 Å². The van der Waals surface area contributed by atoms with E-state index in [9.17, 15) is 14.4 Å². The van der Waals surface area contributed by atoms with Gasteiger partial charge in [-0.3, -0.25) is 14.2 Å². The highest BCUT2D eigenvalue weighted by Crippen LogP contribution is 2.32. The summed E-state index contributed by atoms with van der Waals surface area (Å²) in [6, 6.07) is 20.6. The van der Waals surface area contributed by atoms with Crippen molar-refractivity contribution in [3.05, 3.63) is 120 Å². The molecular formula is C32H28ClN3O6S. The molecule has 1 atom stereocenters. The second kappa shape index (κ2) is 13.1. The molecule has 0 saturated carbocycles. The van der Waals surface area contributed by atoms with Gasteiger partial charge in [-0.15, -0.1) is 0 Å². The number of methoxy groups -OCH3 is 1. The van der Waals surface area contributed by atoms with Crippen molar-refractivity contribution in [2.24, 2.45) is 4.99 Å². The molecule has 0 spiro atoms. The molecule has 0 unspecified atom stereocenters. The molecule has 11 heteroatoms. The van der Waals surface area contributed by atoms with Gasteiger partial charge in [-0.2, -0.15) is 0 Å². The van der Waals surface area contributed by atoms with Crippen LogP contribution in [0.3, 0.4) is 0 Å². The van der Waals surface area contributed by atoms with Crippen LogP contribution in [0.4, 0.5) is 5.69 Å². The minimum atomic E-state index is -0.729. The third-order valence-electron chi connectivity index (χ3n) is 6.62. The van der Waals surface area contributed by atoms with Crippen LogP contribution >= 0.6 is 22.9 Å². The number of halogens is 1. The van der Waals surface area contributed by atoms with Crippen molar-refractivity contribution < 1.29 is 23.8 Å². The van der Waals surface area contributed by atoms with Crippen LogP contribution in [-0.2, 0) is 14.3 Å². The van der Waals surface area contributed by atoms with Crippen molar-refractivity contribution in [3.63, 3.8) is 0 Å². The summed E-state index contributed by atoms with van der Waals surface area (Å²) in [6.07, 6.45) is 1.73. The van der Waals surface area contributed by atoms with Gasteiger partial charge in [-0.1, -0.05) is 59.3 Å². The lowest BCUT2D eigenvalue weighted by Crippen LogP contribution is -2.40. The Kier molecular flexibility index (Phi) is 9.08. The average molecular weight is 618 g/mol. The molecule has 5 rings (SSSR count). The summed E-state index contributed by atoms with van der Waals surface area (Å²) in [5.41, 5.74) is 2.58. The van der Waals surface area contributed by atoms with E-state index in [2.05, 4.69) is 10.3 Å². The molecule has 43 heavy (non-hydrogen) atoms.